The van der Waals surface area contributed by atoms with Gasteiger partial charge in [0.1, 0.15) is 17.4 Å². The molecule has 5 rings (SSSR count). The maximum absolute atomic E-state index is 13.1. The number of anilines is 1. The monoisotopic (exact) mass is 437 g/mol. The average molecular weight is 438 g/mol. The zero-order valence-electron chi connectivity index (χ0n) is 19.3. The lowest BCUT2D eigenvalue weighted by atomic mass is 9.81. The quantitative estimate of drug-likeness (QED) is 0.622. The Morgan fingerprint density at radius 3 is 2.56 bits per heavy atom. The molecule has 0 N–H and O–H groups in total. The van der Waals surface area contributed by atoms with E-state index in [9.17, 15) is 4.79 Å². The largest absolute Gasteiger partial charge is 0.370 e. The minimum Gasteiger partial charge on any atom is -0.370 e. The molecule has 9 nitrogen and oxygen atoms in total. The smallest absolute Gasteiger partial charge is 0.279 e. The SMILES string of the molecule is Cc1nc2c(nc(N3CCOC(c4cnn(C)c4)C3)nc2[C@H]2CC[C@H](C)CC2)c(=O)n1C. The molecule has 2 fully saturated rings. The topological polar surface area (TPSA) is 91.0 Å². The first kappa shape index (κ1) is 21.1. The first-order valence-corrected chi connectivity index (χ1v) is 11.5. The van der Waals surface area contributed by atoms with Crippen molar-refractivity contribution in [2.24, 2.45) is 20.0 Å². The number of ether oxygens (including phenoxy) is 1. The molecule has 0 amide bonds. The maximum Gasteiger partial charge on any atom is 0.279 e. The van der Waals surface area contributed by atoms with Crippen molar-refractivity contribution in [2.75, 3.05) is 24.6 Å². The maximum atomic E-state index is 13.1. The summed E-state index contributed by atoms with van der Waals surface area (Å²) in [6.07, 6.45) is 8.22. The van der Waals surface area contributed by atoms with Crippen LogP contribution >= 0.6 is 0 Å². The van der Waals surface area contributed by atoms with Gasteiger partial charge in [-0.3, -0.25) is 14.0 Å². The van der Waals surface area contributed by atoms with Crippen LogP contribution in [0.15, 0.2) is 17.2 Å². The fraction of sp³-hybridized carbons (Fsp3) is 0.609. The highest BCUT2D eigenvalue weighted by atomic mass is 16.5. The van der Waals surface area contributed by atoms with Gasteiger partial charge >= 0.3 is 0 Å². The highest BCUT2D eigenvalue weighted by molar-refractivity contribution is 5.77. The van der Waals surface area contributed by atoms with E-state index in [-0.39, 0.29) is 11.7 Å². The third kappa shape index (κ3) is 3.79. The second-order valence-electron chi connectivity index (χ2n) is 9.34. The second kappa shape index (κ2) is 8.27. The first-order valence-electron chi connectivity index (χ1n) is 11.5. The summed E-state index contributed by atoms with van der Waals surface area (Å²) in [5.74, 6) is 2.34. The van der Waals surface area contributed by atoms with Crippen LogP contribution in [-0.2, 0) is 18.8 Å². The molecular formula is C23H31N7O2. The lowest BCUT2D eigenvalue weighted by Gasteiger charge is -2.33. The summed E-state index contributed by atoms with van der Waals surface area (Å²) in [6.45, 7) is 6.05. The summed E-state index contributed by atoms with van der Waals surface area (Å²) in [6, 6.07) is 0. The van der Waals surface area contributed by atoms with Crippen LogP contribution in [0.1, 0.15) is 61.7 Å². The van der Waals surface area contributed by atoms with E-state index in [2.05, 4.69) is 16.9 Å². The molecule has 1 aliphatic heterocycles. The van der Waals surface area contributed by atoms with Crippen LogP contribution in [-0.4, -0.2) is 49.0 Å². The van der Waals surface area contributed by atoms with Crippen LogP contribution in [0.3, 0.4) is 0 Å². The normalized spacial score (nSPS) is 24.2. The molecule has 0 spiro atoms. The van der Waals surface area contributed by atoms with Crippen molar-refractivity contribution in [3.63, 3.8) is 0 Å². The van der Waals surface area contributed by atoms with Crippen molar-refractivity contribution in [2.45, 2.75) is 51.6 Å². The lowest BCUT2D eigenvalue weighted by Crippen LogP contribution is -2.39. The van der Waals surface area contributed by atoms with E-state index in [0.717, 1.165) is 30.0 Å². The number of morpholine rings is 1. The van der Waals surface area contributed by atoms with E-state index in [0.29, 0.717) is 48.4 Å². The number of aryl methyl sites for hydroxylation is 2. The molecule has 2 aliphatic rings. The molecule has 170 valence electrons. The summed E-state index contributed by atoms with van der Waals surface area (Å²) in [4.78, 5) is 29.8. The molecule has 9 heteroatoms. The highest BCUT2D eigenvalue weighted by Crippen LogP contribution is 2.37. The zero-order chi connectivity index (χ0) is 22.4. The predicted molar refractivity (Wildman–Crippen MR) is 122 cm³/mol. The second-order valence-corrected chi connectivity index (χ2v) is 9.34. The van der Waals surface area contributed by atoms with E-state index in [1.165, 1.54) is 12.8 Å². The molecule has 1 saturated carbocycles. The molecule has 1 unspecified atom stereocenters. The molecule has 4 heterocycles. The molecule has 3 aromatic heterocycles. The Hall–Kier alpha value is -2.81. The Morgan fingerprint density at radius 2 is 1.84 bits per heavy atom. The molecule has 32 heavy (non-hydrogen) atoms. The van der Waals surface area contributed by atoms with Gasteiger partial charge in [0.15, 0.2) is 5.52 Å². The van der Waals surface area contributed by atoms with Gasteiger partial charge in [-0.2, -0.15) is 5.10 Å². The van der Waals surface area contributed by atoms with Gasteiger partial charge in [0.25, 0.3) is 5.56 Å². The van der Waals surface area contributed by atoms with E-state index >= 15 is 0 Å². The molecule has 0 aromatic carbocycles. The minimum absolute atomic E-state index is 0.102. The molecule has 3 aromatic rings. The number of rotatable bonds is 3. The fourth-order valence-electron chi connectivity index (χ4n) is 4.86. The van der Waals surface area contributed by atoms with Gasteiger partial charge < -0.3 is 9.64 Å². The zero-order valence-corrected chi connectivity index (χ0v) is 19.3. The Balaban J connectivity index is 1.57. The highest BCUT2D eigenvalue weighted by Gasteiger charge is 2.29. The van der Waals surface area contributed by atoms with Crippen molar-refractivity contribution < 1.29 is 4.74 Å². The van der Waals surface area contributed by atoms with Crippen LogP contribution in [0.4, 0.5) is 5.95 Å². The standard InChI is InChI=1S/C23H31N7O2/c1-14-5-7-16(8-6-14)19-20-21(22(31)29(4)15(2)25-20)27-23(26-19)30-9-10-32-18(13-30)17-11-24-28(3)12-17/h11-12,14,16,18H,5-10,13H2,1-4H3/t14-,16-,18?. The molecule has 1 aliphatic carbocycles. The van der Waals surface area contributed by atoms with E-state index < -0.39 is 0 Å². The molecule has 1 saturated heterocycles. The molecule has 0 radical (unpaired) electrons. The van der Waals surface area contributed by atoms with Gasteiger partial charge in [0.2, 0.25) is 5.95 Å². The van der Waals surface area contributed by atoms with Gasteiger partial charge in [0, 0.05) is 38.3 Å². The number of hydrogen-bond donors (Lipinski definition) is 0. The number of nitrogens with zero attached hydrogens (tertiary/aromatic N) is 7. The van der Waals surface area contributed by atoms with E-state index in [4.69, 9.17) is 19.7 Å². The first-order chi connectivity index (χ1) is 15.4. The van der Waals surface area contributed by atoms with Crippen LogP contribution in [0.5, 0.6) is 0 Å². The van der Waals surface area contributed by atoms with Crippen molar-refractivity contribution in [3.05, 3.63) is 39.8 Å². The summed E-state index contributed by atoms with van der Waals surface area (Å²) in [7, 11) is 3.65. The Kier molecular flexibility index (Phi) is 5.44. The summed E-state index contributed by atoms with van der Waals surface area (Å²) >= 11 is 0. The number of aromatic nitrogens is 6. The average Bonchev–Trinajstić information content (AvgIpc) is 3.24. The van der Waals surface area contributed by atoms with Gasteiger partial charge in [-0.15, -0.1) is 0 Å². The van der Waals surface area contributed by atoms with Crippen molar-refractivity contribution >= 4 is 17.0 Å². The van der Waals surface area contributed by atoms with Crippen LogP contribution in [0, 0.1) is 12.8 Å². The van der Waals surface area contributed by atoms with Gasteiger partial charge in [-0.25, -0.2) is 15.0 Å². The van der Waals surface area contributed by atoms with Crippen molar-refractivity contribution in [1.82, 2.24) is 29.3 Å². The predicted octanol–water partition coefficient (Wildman–Crippen LogP) is 2.64. The van der Waals surface area contributed by atoms with Crippen LogP contribution < -0.4 is 10.5 Å². The number of fused-ring (bicyclic) bond motifs is 1. The van der Waals surface area contributed by atoms with Gasteiger partial charge in [-0.1, -0.05) is 19.8 Å². The third-order valence-electron chi connectivity index (χ3n) is 7.01. The molecule has 1 atom stereocenters. The summed E-state index contributed by atoms with van der Waals surface area (Å²) in [5, 5.41) is 4.28. The van der Waals surface area contributed by atoms with Gasteiger partial charge in [0.05, 0.1) is 25.0 Å². The number of hydrogen-bond acceptors (Lipinski definition) is 7. The third-order valence-corrected chi connectivity index (χ3v) is 7.01. The lowest BCUT2D eigenvalue weighted by molar-refractivity contribution is 0.0392. The van der Waals surface area contributed by atoms with Crippen molar-refractivity contribution in [1.29, 1.82) is 0 Å². The molecule has 0 bridgehead atoms. The Morgan fingerprint density at radius 1 is 1.06 bits per heavy atom. The Labute approximate surface area is 187 Å². The fourth-order valence-corrected chi connectivity index (χ4v) is 4.86. The summed E-state index contributed by atoms with van der Waals surface area (Å²) in [5.41, 5.74) is 2.94. The molecular weight excluding hydrogens is 406 g/mol. The van der Waals surface area contributed by atoms with Crippen molar-refractivity contribution in [3.8, 4) is 0 Å². The van der Waals surface area contributed by atoms with E-state index in [1.807, 2.05) is 26.4 Å². The van der Waals surface area contributed by atoms with Crippen LogP contribution in [0.25, 0.3) is 11.0 Å². The summed E-state index contributed by atoms with van der Waals surface area (Å²) < 4.78 is 9.36. The van der Waals surface area contributed by atoms with Gasteiger partial charge in [-0.05, 0) is 25.7 Å². The van der Waals surface area contributed by atoms with Crippen LogP contribution in [0.2, 0.25) is 0 Å². The Bertz CT molecular complexity index is 1190. The van der Waals surface area contributed by atoms with E-state index in [1.54, 1.807) is 16.3 Å². The minimum atomic E-state index is -0.112.